The molecule has 80 valence electrons. The highest BCUT2D eigenvalue weighted by molar-refractivity contribution is 4.70. The minimum atomic E-state index is 0.684. The minimum absolute atomic E-state index is 0.684. The average Bonchev–Trinajstić information content (AvgIpc) is 2.16. The van der Waals surface area contributed by atoms with Crippen LogP contribution in [0.5, 0.6) is 0 Å². The van der Waals surface area contributed by atoms with Gasteiger partial charge in [0.25, 0.3) is 0 Å². The van der Waals surface area contributed by atoms with Crippen molar-refractivity contribution >= 4 is 0 Å². The molecule has 0 radical (unpaired) electrons. The molecule has 2 unspecified atom stereocenters. The molecule has 0 aliphatic carbocycles. The van der Waals surface area contributed by atoms with Crippen molar-refractivity contribution in [3.8, 4) is 0 Å². The second-order valence-corrected chi connectivity index (χ2v) is 4.29. The summed E-state index contributed by atoms with van der Waals surface area (Å²) in [4.78, 5) is 0. The van der Waals surface area contributed by atoms with Gasteiger partial charge in [-0.3, -0.25) is 0 Å². The third-order valence-corrected chi connectivity index (χ3v) is 3.24. The lowest BCUT2D eigenvalue weighted by atomic mass is 9.95. The zero-order valence-electron chi connectivity index (χ0n) is 10.1. The largest absolute Gasteiger partial charge is 0.314 e. The Bertz CT molecular complexity index is 108. The molecular formula is C12H27N. The quantitative estimate of drug-likeness (QED) is 0.640. The molecule has 0 aliphatic rings. The topological polar surface area (TPSA) is 12.0 Å². The summed E-state index contributed by atoms with van der Waals surface area (Å²) in [7, 11) is 0. The van der Waals surface area contributed by atoms with Gasteiger partial charge in [-0.05, 0) is 25.3 Å². The maximum Gasteiger partial charge on any atom is 0.00669 e. The van der Waals surface area contributed by atoms with E-state index in [1.54, 1.807) is 0 Å². The van der Waals surface area contributed by atoms with Gasteiger partial charge in [0, 0.05) is 6.04 Å². The molecule has 0 saturated carbocycles. The summed E-state index contributed by atoms with van der Waals surface area (Å²) in [6, 6.07) is 0.684. The Balaban J connectivity index is 3.65. The molecule has 0 rings (SSSR count). The predicted octanol–water partition coefficient (Wildman–Crippen LogP) is 3.45. The van der Waals surface area contributed by atoms with Crippen molar-refractivity contribution < 1.29 is 0 Å². The van der Waals surface area contributed by atoms with Gasteiger partial charge in [0.05, 0.1) is 0 Å². The van der Waals surface area contributed by atoms with Gasteiger partial charge in [-0.25, -0.2) is 0 Å². The molecule has 0 spiro atoms. The molecule has 13 heavy (non-hydrogen) atoms. The summed E-state index contributed by atoms with van der Waals surface area (Å²) in [6.45, 7) is 12.6. The molecule has 0 amide bonds. The number of hydrogen-bond donors (Lipinski definition) is 1. The van der Waals surface area contributed by atoms with Gasteiger partial charge in [0.2, 0.25) is 0 Å². The molecule has 0 heterocycles. The molecular weight excluding hydrogens is 158 g/mol. The second kappa shape index (κ2) is 7.37. The monoisotopic (exact) mass is 185 g/mol. The lowest BCUT2D eigenvalue weighted by Gasteiger charge is -2.24. The fraction of sp³-hybridized carbons (Fsp3) is 1.00. The van der Waals surface area contributed by atoms with Crippen LogP contribution in [0.2, 0.25) is 0 Å². The van der Waals surface area contributed by atoms with Crippen LogP contribution in [0, 0.1) is 11.8 Å². The molecule has 0 aromatic carbocycles. The fourth-order valence-electron chi connectivity index (χ4n) is 1.69. The highest BCUT2D eigenvalue weighted by atomic mass is 14.9. The number of hydrogen-bond acceptors (Lipinski definition) is 1. The van der Waals surface area contributed by atoms with Crippen molar-refractivity contribution in [1.82, 2.24) is 5.32 Å². The Hall–Kier alpha value is -0.0400. The van der Waals surface area contributed by atoms with Crippen LogP contribution < -0.4 is 5.32 Å². The first-order chi connectivity index (χ1) is 6.15. The zero-order chi connectivity index (χ0) is 10.3. The molecule has 0 aromatic heterocycles. The first-order valence-electron chi connectivity index (χ1n) is 5.88. The average molecular weight is 185 g/mol. The standard InChI is InChI=1S/C12H27N/c1-6-10(4)9-13-11(5)12(7-2)8-3/h10-13H,6-9H2,1-5H3. The highest BCUT2D eigenvalue weighted by Crippen LogP contribution is 2.13. The summed E-state index contributed by atoms with van der Waals surface area (Å²) >= 11 is 0. The third kappa shape index (κ3) is 5.30. The summed E-state index contributed by atoms with van der Waals surface area (Å²) in [5.41, 5.74) is 0. The van der Waals surface area contributed by atoms with Crippen molar-refractivity contribution in [2.75, 3.05) is 6.54 Å². The highest BCUT2D eigenvalue weighted by Gasteiger charge is 2.12. The lowest BCUT2D eigenvalue weighted by molar-refractivity contribution is 0.334. The van der Waals surface area contributed by atoms with Crippen LogP contribution in [0.4, 0.5) is 0 Å². The fourth-order valence-corrected chi connectivity index (χ4v) is 1.69. The molecule has 0 aromatic rings. The van der Waals surface area contributed by atoms with Crippen molar-refractivity contribution in [3.63, 3.8) is 0 Å². The van der Waals surface area contributed by atoms with Crippen molar-refractivity contribution in [1.29, 1.82) is 0 Å². The Labute approximate surface area is 84.3 Å². The van der Waals surface area contributed by atoms with Gasteiger partial charge in [-0.1, -0.05) is 47.0 Å². The Morgan fingerprint density at radius 1 is 0.923 bits per heavy atom. The summed E-state index contributed by atoms with van der Waals surface area (Å²) in [5, 5.41) is 3.64. The molecule has 0 saturated heterocycles. The van der Waals surface area contributed by atoms with Crippen molar-refractivity contribution in [2.24, 2.45) is 11.8 Å². The van der Waals surface area contributed by atoms with Crippen molar-refractivity contribution in [3.05, 3.63) is 0 Å². The van der Waals surface area contributed by atoms with Crippen LogP contribution >= 0.6 is 0 Å². The van der Waals surface area contributed by atoms with Gasteiger partial charge < -0.3 is 5.32 Å². The van der Waals surface area contributed by atoms with E-state index in [1.165, 1.54) is 25.8 Å². The summed E-state index contributed by atoms with van der Waals surface area (Å²) < 4.78 is 0. The number of rotatable bonds is 7. The van der Waals surface area contributed by atoms with E-state index in [0.717, 1.165) is 11.8 Å². The second-order valence-electron chi connectivity index (χ2n) is 4.29. The van der Waals surface area contributed by atoms with Gasteiger partial charge in [0.1, 0.15) is 0 Å². The maximum atomic E-state index is 3.64. The maximum absolute atomic E-state index is 3.64. The van der Waals surface area contributed by atoms with E-state index >= 15 is 0 Å². The summed E-state index contributed by atoms with van der Waals surface area (Å²) in [5.74, 6) is 1.67. The van der Waals surface area contributed by atoms with Crippen LogP contribution in [0.25, 0.3) is 0 Å². The smallest absolute Gasteiger partial charge is 0.00669 e. The first kappa shape index (κ1) is 13.0. The molecule has 1 nitrogen and oxygen atoms in total. The predicted molar refractivity (Wildman–Crippen MR) is 61.0 cm³/mol. The van der Waals surface area contributed by atoms with Crippen LogP contribution in [-0.4, -0.2) is 12.6 Å². The number of nitrogens with one attached hydrogen (secondary N) is 1. The van der Waals surface area contributed by atoms with Crippen molar-refractivity contribution in [2.45, 2.75) is 59.9 Å². The van der Waals surface area contributed by atoms with E-state index < -0.39 is 0 Å². The zero-order valence-corrected chi connectivity index (χ0v) is 10.1. The lowest BCUT2D eigenvalue weighted by Crippen LogP contribution is -2.35. The Morgan fingerprint density at radius 3 is 1.85 bits per heavy atom. The SMILES string of the molecule is CCC(C)CNC(C)C(CC)CC. The molecule has 0 bridgehead atoms. The molecule has 1 heteroatoms. The van der Waals surface area contributed by atoms with Crippen LogP contribution in [-0.2, 0) is 0 Å². The van der Waals surface area contributed by atoms with E-state index in [2.05, 4.69) is 39.9 Å². The van der Waals surface area contributed by atoms with E-state index in [-0.39, 0.29) is 0 Å². The van der Waals surface area contributed by atoms with Gasteiger partial charge in [-0.2, -0.15) is 0 Å². The van der Waals surface area contributed by atoms with Crippen LogP contribution in [0.1, 0.15) is 53.9 Å². The molecule has 0 fully saturated rings. The van der Waals surface area contributed by atoms with Gasteiger partial charge in [-0.15, -0.1) is 0 Å². The molecule has 2 atom stereocenters. The normalized spacial score (nSPS) is 16.2. The van der Waals surface area contributed by atoms with E-state index in [1.807, 2.05) is 0 Å². The van der Waals surface area contributed by atoms with E-state index in [0.29, 0.717) is 6.04 Å². The molecule has 1 N–H and O–H groups in total. The molecule has 0 aliphatic heterocycles. The van der Waals surface area contributed by atoms with E-state index in [9.17, 15) is 0 Å². The van der Waals surface area contributed by atoms with Gasteiger partial charge >= 0.3 is 0 Å². The van der Waals surface area contributed by atoms with E-state index in [4.69, 9.17) is 0 Å². The van der Waals surface area contributed by atoms with Crippen LogP contribution in [0.3, 0.4) is 0 Å². The first-order valence-corrected chi connectivity index (χ1v) is 5.88. The van der Waals surface area contributed by atoms with Crippen LogP contribution in [0.15, 0.2) is 0 Å². The Kier molecular flexibility index (Phi) is 7.35. The minimum Gasteiger partial charge on any atom is -0.314 e. The Morgan fingerprint density at radius 2 is 1.46 bits per heavy atom. The summed E-state index contributed by atoms with van der Waals surface area (Å²) in [6.07, 6.45) is 3.87. The third-order valence-electron chi connectivity index (χ3n) is 3.24. The van der Waals surface area contributed by atoms with Gasteiger partial charge in [0.15, 0.2) is 0 Å².